The van der Waals surface area contributed by atoms with Gasteiger partial charge in [-0.2, -0.15) is 11.8 Å². The first-order valence-electron chi connectivity index (χ1n) is 5.13. The molecule has 0 aromatic rings. The Morgan fingerprint density at radius 3 is 2.50 bits per heavy atom. The molecular formula is C10H21NO2S. The Labute approximate surface area is 91.0 Å². The number of esters is 1. The van der Waals surface area contributed by atoms with E-state index in [0.29, 0.717) is 11.9 Å². The Hall–Kier alpha value is -0.220. The van der Waals surface area contributed by atoms with E-state index < -0.39 is 0 Å². The zero-order chi connectivity index (χ0) is 11.0. The highest BCUT2D eigenvalue weighted by Gasteiger charge is 2.18. The average molecular weight is 219 g/mol. The first-order valence-corrected chi connectivity index (χ1v) is 6.18. The number of likely N-dealkylation sites (N-methyl/N-ethyl adjacent to an activating group) is 1. The number of rotatable bonds is 7. The van der Waals surface area contributed by atoms with Crippen molar-refractivity contribution in [3.63, 3.8) is 0 Å². The summed E-state index contributed by atoms with van der Waals surface area (Å²) in [4.78, 5) is 11.4. The van der Waals surface area contributed by atoms with E-state index in [9.17, 15) is 4.79 Å². The molecule has 0 aliphatic carbocycles. The predicted octanol–water partition coefficient (Wildman–Crippen LogP) is 1.67. The van der Waals surface area contributed by atoms with Crippen LogP contribution in [0.15, 0.2) is 0 Å². The Morgan fingerprint density at radius 2 is 2.07 bits per heavy atom. The van der Waals surface area contributed by atoms with Crippen molar-refractivity contribution in [3.8, 4) is 0 Å². The van der Waals surface area contributed by atoms with Crippen molar-refractivity contribution in [2.75, 3.05) is 18.9 Å². The van der Waals surface area contributed by atoms with Crippen LogP contribution in [0.25, 0.3) is 0 Å². The molecule has 0 aromatic carbocycles. The summed E-state index contributed by atoms with van der Waals surface area (Å²) in [5.41, 5.74) is 0. The van der Waals surface area contributed by atoms with Gasteiger partial charge in [-0.15, -0.1) is 0 Å². The smallest absolute Gasteiger partial charge is 0.323 e. The second-order valence-electron chi connectivity index (χ2n) is 3.24. The molecule has 84 valence electrons. The topological polar surface area (TPSA) is 38.3 Å². The summed E-state index contributed by atoms with van der Waals surface area (Å²) in [5, 5.41) is 3.67. The van der Waals surface area contributed by atoms with Gasteiger partial charge in [0.2, 0.25) is 0 Å². The van der Waals surface area contributed by atoms with Gasteiger partial charge < -0.3 is 10.1 Å². The SMILES string of the molecule is CCNC(CSC(C)C)C(=O)OCC. The van der Waals surface area contributed by atoms with Gasteiger partial charge >= 0.3 is 5.97 Å². The van der Waals surface area contributed by atoms with Crippen molar-refractivity contribution < 1.29 is 9.53 Å². The first kappa shape index (κ1) is 13.8. The van der Waals surface area contributed by atoms with E-state index in [1.165, 1.54) is 0 Å². The quantitative estimate of drug-likeness (QED) is 0.661. The van der Waals surface area contributed by atoms with E-state index in [2.05, 4.69) is 19.2 Å². The van der Waals surface area contributed by atoms with Gasteiger partial charge in [-0.3, -0.25) is 4.79 Å². The number of carbonyl (C=O) groups is 1. The van der Waals surface area contributed by atoms with E-state index in [1.54, 1.807) is 11.8 Å². The molecule has 3 nitrogen and oxygen atoms in total. The van der Waals surface area contributed by atoms with Gasteiger partial charge in [0.05, 0.1) is 6.61 Å². The number of carbonyl (C=O) groups excluding carboxylic acids is 1. The minimum Gasteiger partial charge on any atom is -0.465 e. The van der Waals surface area contributed by atoms with Crippen LogP contribution in [0.2, 0.25) is 0 Å². The molecule has 1 unspecified atom stereocenters. The lowest BCUT2D eigenvalue weighted by Crippen LogP contribution is -2.40. The first-order chi connectivity index (χ1) is 6.61. The van der Waals surface area contributed by atoms with Crippen molar-refractivity contribution >= 4 is 17.7 Å². The maximum atomic E-state index is 11.4. The summed E-state index contributed by atoms with van der Waals surface area (Å²) in [6.07, 6.45) is 0. The number of thioether (sulfide) groups is 1. The molecule has 0 amide bonds. The number of hydrogen-bond donors (Lipinski definition) is 1. The summed E-state index contributed by atoms with van der Waals surface area (Å²) >= 11 is 1.77. The predicted molar refractivity (Wildman–Crippen MR) is 61.7 cm³/mol. The molecular weight excluding hydrogens is 198 g/mol. The fourth-order valence-electron chi connectivity index (χ4n) is 0.988. The molecule has 0 fully saturated rings. The number of ether oxygens (including phenoxy) is 1. The molecule has 0 heterocycles. The van der Waals surface area contributed by atoms with Gasteiger partial charge in [0, 0.05) is 5.75 Å². The van der Waals surface area contributed by atoms with Crippen LogP contribution in [-0.2, 0) is 9.53 Å². The molecule has 4 heteroatoms. The zero-order valence-electron chi connectivity index (χ0n) is 9.50. The minimum absolute atomic E-state index is 0.137. The third-order valence-corrected chi connectivity index (χ3v) is 2.81. The average Bonchev–Trinajstić information content (AvgIpc) is 2.12. The highest BCUT2D eigenvalue weighted by atomic mass is 32.2. The normalized spacial score (nSPS) is 12.9. The number of nitrogens with one attached hydrogen (secondary N) is 1. The van der Waals surface area contributed by atoms with E-state index in [-0.39, 0.29) is 12.0 Å². The van der Waals surface area contributed by atoms with Crippen LogP contribution in [0.4, 0.5) is 0 Å². The second-order valence-corrected chi connectivity index (χ2v) is 4.85. The fourth-order valence-corrected chi connectivity index (χ4v) is 1.82. The summed E-state index contributed by atoms with van der Waals surface area (Å²) in [6, 6.07) is -0.160. The van der Waals surface area contributed by atoms with E-state index >= 15 is 0 Å². The molecule has 1 atom stereocenters. The van der Waals surface area contributed by atoms with Crippen molar-refractivity contribution in [2.24, 2.45) is 0 Å². The van der Waals surface area contributed by atoms with Gasteiger partial charge in [0.25, 0.3) is 0 Å². The summed E-state index contributed by atoms with van der Waals surface area (Å²) in [5.74, 6) is 0.646. The van der Waals surface area contributed by atoms with E-state index in [0.717, 1.165) is 12.3 Å². The molecule has 1 N–H and O–H groups in total. The van der Waals surface area contributed by atoms with Crippen LogP contribution in [0.5, 0.6) is 0 Å². The maximum absolute atomic E-state index is 11.4. The Morgan fingerprint density at radius 1 is 1.43 bits per heavy atom. The van der Waals surface area contributed by atoms with Crippen molar-refractivity contribution in [2.45, 2.75) is 39.0 Å². The van der Waals surface area contributed by atoms with Crippen molar-refractivity contribution in [1.82, 2.24) is 5.32 Å². The van der Waals surface area contributed by atoms with Crippen molar-refractivity contribution in [3.05, 3.63) is 0 Å². The second kappa shape index (κ2) is 8.12. The van der Waals surface area contributed by atoms with Crippen LogP contribution in [0.3, 0.4) is 0 Å². The van der Waals surface area contributed by atoms with Crippen LogP contribution in [0, 0.1) is 0 Å². The standard InChI is InChI=1S/C10H21NO2S/c1-5-11-9(7-14-8(3)4)10(12)13-6-2/h8-9,11H,5-7H2,1-4H3. The van der Waals surface area contributed by atoms with E-state index in [4.69, 9.17) is 4.74 Å². The van der Waals surface area contributed by atoms with Gasteiger partial charge in [-0.25, -0.2) is 0 Å². The molecule has 0 aliphatic heterocycles. The maximum Gasteiger partial charge on any atom is 0.323 e. The highest BCUT2D eigenvalue weighted by Crippen LogP contribution is 2.11. The van der Waals surface area contributed by atoms with Gasteiger partial charge in [0.1, 0.15) is 6.04 Å². The molecule has 0 rings (SSSR count). The fraction of sp³-hybridized carbons (Fsp3) is 0.900. The Bertz CT molecular complexity index is 162. The molecule has 0 radical (unpaired) electrons. The largest absolute Gasteiger partial charge is 0.465 e. The lowest BCUT2D eigenvalue weighted by molar-refractivity contribution is -0.144. The minimum atomic E-state index is -0.160. The van der Waals surface area contributed by atoms with Crippen LogP contribution in [-0.4, -0.2) is 36.2 Å². The Kier molecular flexibility index (Phi) is 7.99. The zero-order valence-corrected chi connectivity index (χ0v) is 10.3. The van der Waals surface area contributed by atoms with E-state index in [1.807, 2.05) is 13.8 Å². The van der Waals surface area contributed by atoms with Gasteiger partial charge in [0.15, 0.2) is 0 Å². The molecule has 0 bridgehead atoms. The molecule has 0 aliphatic rings. The van der Waals surface area contributed by atoms with Gasteiger partial charge in [-0.1, -0.05) is 20.8 Å². The third-order valence-electron chi connectivity index (χ3n) is 1.62. The molecule has 14 heavy (non-hydrogen) atoms. The molecule has 0 saturated carbocycles. The lowest BCUT2D eigenvalue weighted by atomic mass is 10.3. The highest BCUT2D eigenvalue weighted by molar-refractivity contribution is 7.99. The molecule has 0 spiro atoms. The molecule has 0 saturated heterocycles. The summed E-state index contributed by atoms with van der Waals surface area (Å²) in [6.45, 7) is 9.32. The van der Waals surface area contributed by atoms with Crippen LogP contribution >= 0.6 is 11.8 Å². The molecule has 0 aromatic heterocycles. The van der Waals surface area contributed by atoms with Crippen LogP contribution in [0.1, 0.15) is 27.7 Å². The van der Waals surface area contributed by atoms with Gasteiger partial charge in [-0.05, 0) is 18.7 Å². The number of hydrogen-bond acceptors (Lipinski definition) is 4. The van der Waals surface area contributed by atoms with Crippen LogP contribution < -0.4 is 5.32 Å². The Balaban J connectivity index is 3.93. The lowest BCUT2D eigenvalue weighted by Gasteiger charge is -2.16. The summed E-state index contributed by atoms with van der Waals surface area (Å²) < 4.78 is 4.97. The van der Waals surface area contributed by atoms with Crippen molar-refractivity contribution in [1.29, 1.82) is 0 Å². The monoisotopic (exact) mass is 219 g/mol. The third kappa shape index (κ3) is 6.27. The summed E-state index contributed by atoms with van der Waals surface area (Å²) in [7, 11) is 0.